The third kappa shape index (κ3) is 2.69. The summed E-state index contributed by atoms with van der Waals surface area (Å²) in [6.45, 7) is 1.51. The molecule has 0 N–H and O–H groups in total. The van der Waals surface area contributed by atoms with Crippen molar-refractivity contribution in [2.45, 2.75) is 12.0 Å². The Labute approximate surface area is 163 Å². The lowest BCUT2D eigenvalue weighted by molar-refractivity contribution is -0.133. The van der Waals surface area contributed by atoms with Crippen molar-refractivity contribution in [2.24, 2.45) is 0 Å². The largest absolute Gasteiger partial charge is 0.457 e. The number of hydrogen-bond acceptors (Lipinski definition) is 5. The summed E-state index contributed by atoms with van der Waals surface area (Å²) >= 11 is 0. The first kappa shape index (κ1) is 16.7. The molecule has 3 aromatic rings. The molecule has 0 saturated carbocycles. The molecule has 2 aromatic carbocycles. The van der Waals surface area contributed by atoms with Crippen LogP contribution in [-0.2, 0) is 4.79 Å². The molecule has 0 radical (unpaired) electrons. The van der Waals surface area contributed by atoms with Gasteiger partial charge in [0.2, 0.25) is 5.91 Å². The maximum Gasteiger partial charge on any atom is 0.234 e. The lowest BCUT2D eigenvalue weighted by Crippen LogP contribution is -2.60. The number of carbonyl (C=O) groups excluding carboxylic acids is 1. The van der Waals surface area contributed by atoms with Gasteiger partial charge in [0, 0.05) is 43.7 Å². The van der Waals surface area contributed by atoms with Crippen LogP contribution in [0.2, 0.25) is 0 Å². The molecule has 6 nitrogen and oxygen atoms in total. The molecular formula is C22H20N4O2. The highest BCUT2D eigenvalue weighted by molar-refractivity contribution is 5.90. The molecule has 3 heterocycles. The van der Waals surface area contributed by atoms with Crippen LogP contribution in [-0.4, -0.2) is 47.0 Å². The fraction of sp³-hybridized carbons (Fsp3) is 0.227. The van der Waals surface area contributed by atoms with E-state index in [1.54, 1.807) is 18.6 Å². The average Bonchev–Trinajstić information content (AvgIpc) is 2.71. The number of amides is 1. The molecule has 6 heteroatoms. The number of benzene rings is 2. The number of anilines is 1. The molecule has 0 atom stereocenters. The van der Waals surface area contributed by atoms with Crippen molar-refractivity contribution in [3.8, 4) is 11.5 Å². The van der Waals surface area contributed by atoms with E-state index in [0.717, 1.165) is 41.5 Å². The van der Waals surface area contributed by atoms with Crippen molar-refractivity contribution in [3.63, 3.8) is 0 Å². The topological polar surface area (TPSA) is 58.6 Å². The molecular weight excluding hydrogens is 352 g/mol. The van der Waals surface area contributed by atoms with Gasteiger partial charge in [-0.15, -0.1) is 0 Å². The fourth-order valence-corrected chi connectivity index (χ4v) is 3.90. The summed E-state index contributed by atoms with van der Waals surface area (Å²) in [6.07, 6.45) is 5.10. The zero-order chi connectivity index (χ0) is 19.1. The summed E-state index contributed by atoms with van der Waals surface area (Å²) in [4.78, 5) is 26.0. The zero-order valence-electron chi connectivity index (χ0n) is 15.5. The minimum absolute atomic E-state index is 0.0898. The summed E-state index contributed by atoms with van der Waals surface area (Å²) < 4.78 is 6.02. The van der Waals surface area contributed by atoms with Crippen LogP contribution < -0.4 is 9.64 Å². The van der Waals surface area contributed by atoms with Gasteiger partial charge in [0.25, 0.3) is 0 Å². The Bertz CT molecular complexity index is 972. The maximum absolute atomic E-state index is 13.5. The van der Waals surface area contributed by atoms with Gasteiger partial charge in [-0.1, -0.05) is 36.4 Å². The smallest absolute Gasteiger partial charge is 0.234 e. The van der Waals surface area contributed by atoms with E-state index in [9.17, 15) is 4.79 Å². The monoisotopic (exact) mass is 372 g/mol. The van der Waals surface area contributed by atoms with Gasteiger partial charge in [-0.2, -0.15) is 0 Å². The molecule has 1 amide bonds. The van der Waals surface area contributed by atoms with Crippen LogP contribution in [0.5, 0.6) is 11.5 Å². The predicted octanol–water partition coefficient (Wildman–Crippen LogP) is 3.06. The number of ether oxygens (including phenoxy) is 1. The van der Waals surface area contributed by atoms with Crippen LogP contribution in [0.1, 0.15) is 17.0 Å². The highest BCUT2D eigenvalue weighted by atomic mass is 16.5. The van der Waals surface area contributed by atoms with E-state index >= 15 is 0 Å². The Balaban J connectivity index is 1.40. The molecule has 2 aliphatic heterocycles. The van der Waals surface area contributed by atoms with Crippen LogP contribution in [0.3, 0.4) is 0 Å². The second-order valence-electron chi connectivity index (χ2n) is 7.18. The van der Waals surface area contributed by atoms with E-state index < -0.39 is 0 Å². The number of hydrogen-bond donors (Lipinski definition) is 0. The number of carbonyl (C=O) groups is 1. The molecule has 0 spiro atoms. The van der Waals surface area contributed by atoms with Gasteiger partial charge in [-0.25, -0.2) is 4.98 Å². The van der Waals surface area contributed by atoms with Gasteiger partial charge in [-0.05, 0) is 12.1 Å². The molecule has 0 bridgehead atoms. The molecule has 28 heavy (non-hydrogen) atoms. The Morgan fingerprint density at radius 2 is 1.68 bits per heavy atom. The lowest BCUT2D eigenvalue weighted by atomic mass is 9.86. The summed E-state index contributed by atoms with van der Waals surface area (Å²) in [7, 11) is 1.89. The number of nitrogens with zero attached hydrogens (tertiary/aromatic N) is 4. The highest BCUT2D eigenvalue weighted by Gasteiger charge is 2.39. The van der Waals surface area contributed by atoms with Crippen molar-refractivity contribution in [1.82, 2.24) is 14.9 Å². The normalized spacial score (nSPS) is 15.8. The van der Waals surface area contributed by atoms with Crippen molar-refractivity contribution in [1.29, 1.82) is 0 Å². The molecule has 1 saturated heterocycles. The predicted molar refractivity (Wildman–Crippen MR) is 106 cm³/mol. The second-order valence-corrected chi connectivity index (χ2v) is 7.18. The first-order chi connectivity index (χ1) is 13.7. The van der Waals surface area contributed by atoms with Crippen LogP contribution in [0.25, 0.3) is 0 Å². The van der Waals surface area contributed by atoms with E-state index in [-0.39, 0.29) is 17.9 Å². The second kappa shape index (κ2) is 6.64. The van der Waals surface area contributed by atoms with Gasteiger partial charge in [0.15, 0.2) is 0 Å². The molecule has 1 fully saturated rings. The molecule has 0 aliphatic carbocycles. The van der Waals surface area contributed by atoms with Crippen LogP contribution in [0.4, 0.5) is 5.82 Å². The Hall–Kier alpha value is -3.41. The van der Waals surface area contributed by atoms with Gasteiger partial charge in [0.1, 0.15) is 17.3 Å². The van der Waals surface area contributed by atoms with E-state index in [4.69, 9.17) is 4.74 Å². The molecule has 1 aromatic heterocycles. The maximum atomic E-state index is 13.5. The fourth-order valence-electron chi connectivity index (χ4n) is 3.90. The van der Waals surface area contributed by atoms with Crippen molar-refractivity contribution >= 4 is 11.7 Å². The summed E-state index contributed by atoms with van der Waals surface area (Å²) in [5.41, 5.74) is 1.84. The number of rotatable bonds is 3. The third-order valence-electron chi connectivity index (χ3n) is 5.56. The molecule has 0 unspecified atom stereocenters. The Kier molecular flexibility index (Phi) is 3.97. The van der Waals surface area contributed by atoms with E-state index in [1.165, 1.54) is 0 Å². The van der Waals surface area contributed by atoms with Gasteiger partial charge in [-0.3, -0.25) is 9.78 Å². The van der Waals surface area contributed by atoms with E-state index in [2.05, 4.69) is 14.9 Å². The summed E-state index contributed by atoms with van der Waals surface area (Å²) in [6, 6.07) is 15.7. The van der Waals surface area contributed by atoms with Gasteiger partial charge in [0.05, 0.1) is 18.2 Å². The van der Waals surface area contributed by atoms with Crippen LogP contribution in [0.15, 0.2) is 67.1 Å². The van der Waals surface area contributed by atoms with Crippen LogP contribution >= 0.6 is 0 Å². The molecule has 2 aliphatic rings. The summed E-state index contributed by atoms with van der Waals surface area (Å²) in [5, 5.41) is 0. The van der Waals surface area contributed by atoms with E-state index in [0.29, 0.717) is 0 Å². The lowest BCUT2D eigenvalue weighted by Gasteiger charge is -2.45. The minimum Gasteiger partial charge on any atom is -0.457 e. The SMILES string of the molecule is CN(C(=O)C1c2ccccc2Oc2ccccc21)C1CN(c2cnccn2)C1. The number of likely N-dealkylation sites (N-methyl/N-ethyl adjacent to an activating group) is 1. The van der Waals surface area contributed by atoms with Gasteiger partial charge >= 0.3 is 0 Å². The zero-order valence-corrected chi connectivity index (χ0v) is 15.5. The average molecular weight is 372 g/mol. The third-order valence-corrected chi connectivity index (χ3v) is 5.56. The number of fused-ring (bicyclic) bond motifs is 2. The number of aromatic nitrogens is 2. The highest BCUT2D eigenvalue weighted by Crippen LogP contribution is 2.44. The van der Waals surface area contributed by atoms with Crippen molar-refractivity contribution in [2.75, 3.05) is 25.0 Å². The minimum atomic E-state index is -0.350. The first-order valence-electron chi connectivity index (χ1n) is 9.35. The van der Waals surface area contributed by atoms with Crippen molar-refractivity contribution in [3.05, 3.63) is 78.2 Å². The molecule has 140 valence electrons. The molecule has 5 rings (SSSR count). The number of para-hydroxylation sites is 2. The Morgan fingerprint density at radius 1 is 1.04 bits per heavy atom. The Morgan fingerprint density at radius 3 is 2.29 bits per heavy atom. The van der Waals surface area contributed by atoms with Crippen LogP contribution in [0, 0.1) is 0 Å². The van der Waals surface area contributed by atoms with Crippen molar-refractivity contribution < 1.29 is 9.53 Å². The van der Waals surface area contributed by atoms with Gasteiger partial charge < -0.3 is 14.5 Å². The summed E-state index contributed by atoms with van der Waals surface area (Å²) in [5.74, 6) is 2.09. The standard InChI is InChI=1S/C22H20N4O2/c1-25(15-13-26(14-15)20-12-23-10-11-24-20)22(27)21-16-6-2-4-8-18(16)28-19-9-5-3-7-17(19)21/h2-12,15,21H,13-14H2,1H3. The van der Waals surface area contributed by atoms with E-state index in [1.807, 2.05) is 60.5 Å². The first-order valence-corrected chi connectivity index (χ1v) is 9.35. The quantitative estimate of drug-likeness (QED) is 0.707.